The summed E-state index contributed by atoms with van der Waals surface area (Å²) in [5, 5.41) is 12.4. The van der Waals surface area contributed by atoms with Crippen molar-refractivity contribution in [3.63, 3.8) is 0 Å². The minimum absolute atomic E-state index is 0.112. The summed E-state index contributed by atoms with van der Waals surface area (Å²) < 4.78 is 0. The van der Waals surface area contributed by atoms with Gasteiger partial charge in [-0.2, -0.15) is 0 Å². The number of anilines is 1. The van der Waals surface area contributed by atoms with E-state index in [1.807, 2.05) is 0 Å². The summed E-state index contributed by atoms with van der Waals surface area (Å²) in [6, 6.07) is 5.18. The molecule has 0 aliphatic carbocycles. The number of nitrogens with zero attached hydrogens (tertiary/aromatic N) is 3. The molecule has 0 unspecified atom stereocenters. The van der Waals surface area contributed by atoms with Crippen molar-refractivity contribution in [1.82, 2.24) is 4.98 Å². The largest absolute Gasteiger partial charge is 0.368 e. The number of nitro benzene ring substituents is 1. The Balaban J connectivity index is 2.17. The zero-order valence-corrected chi connectivity index (χ0v) is 9.61. The zero-order valence-electron chi connectivity index (χ0n) is 9.61. The highest BCUT2D eigenvalue weighted by molar-refractivity contribution is 5.99. The first-order valence-electron chi connectivity index (χ1n) is 5.68. The van der Waals surface area contributed by atoms with Gasteiger partial charge in [-0.25, -0.2) is 0 Å². The van der Waals surface area contributed by atoms with Crippen LogP contribution in [0.4, 0.5) is 11.4 Å². The molecule has 0 atom stereocenters. The number of fused-ring (bicyclic) bond motifs is 1. The Bertz CT molecular complexity index is 623. The maximum atomic E-state index is 11.0. The SMILES string of the molecule is NC1CN(c2ccc([N+](=O)[O-])c3ccncc23)C1. The lowest BCUT2D eigenvalue weighted by Gasteiger charge is -2.39. The molecule has 0 bridgehead atoms. The smallest absolute Gasteiger partial charge is 0.277 e. The van der Waals surface area contributed by atoms with Crippen molar-refractivity contribution in [2.24, 2.45) is 5.73 Å². The molecule has 3 rings (SSSR count). The van der Waals surface area contributed by atoms with Crippen LogP contribution in [0, 0.1) is 10.1 Å². The minimum Gasteiger partial charge on any atom is -0.368 e. The van der Waals surface area contributed by atoms with E-state index in [0.717, 1.165) is 24.2 Å². The van der Waals surface area contributed by atoms with E-state index < -0.39 is 0 Å². The normalized spacial score (nSPS) is 15.7. The van der Waals surface area contributed by atoms with Gasteiger partial charge in [0.05, 0.1) is 10.3 Å². The van der Waals surface area contributed by atoms with Gasteiger partial charge in [0.15, 0.2) is 0 Å². The Morgan fingerprint density at radius 3 is 2.78 bits per heavy atom. The van der Waals surface area contributed by atoms with Crippen molar-refractivity contribution >= 4 is 22.1 Å². The molecule has 1 aliphatic heterocycles. The molecule has 1 fully saturated rings. The van der Waals surface area contributed by atoms with Crippen LogP contribution in [-0.4, -0.2) is 29.0 Å². The number of rotatable bonds is 2. The Hall–Kier alpha value is -2.21. The molecule has 0 radical (unpaired) electrons. The van der Waals surface area contributed by atoms with E-state index in [0.29, 0.717) is 5.39 Å². The maximum Gasteiger partial charge on any atom is 0.277 e. The molecule has 0 spiro atoms. The number of benzene rings is 1. The summed E-state index contributed by atoms with van der Waals surface area (Å²) in [4.78, 5) is 16.8. The molecule has 0 saturated carbocycles. The van der Waals surface area contributed by atoms with Gasteiger partial charge in [-0.05, 0) is 12.1 Å². The first-order valence-corrected chi connectivity index (χ1v) is 5.68. The van der Waals surface area contributed by atoms with Gasteiger partial charge in [0, 0.05) is 48.7 Å². The molecule has 18 heavy (non-hydrogen) atoms. The monoisotopic (exact) mass is 244 g/mol. The number of aromatic nitrogens is 1. The molecule has 1 aromatic carbocycles. The van der Waals surface area contributed by atoms with E-state index in [9.17, 15) is 10.1 Å². The van der Waals surface area contributed by atoms with Gasteiger partial charge in [-0.3, -0.25) is 15.1 Å². The van der Waals surface area contributed by atoms with E-state index in [1.54, 1.807) is 30.6 Å². The first kappa shape index (κ1) is 10.9. The van der Waals surface area contributed by atoms with Crippen LogP contribution in [0.25, 0.3) is 10.8 Å². The lowest BCUT2D eigenvalue weighted by molar-refractivity contribution is -0.383. The highest BCUT2D eigenvalue weighted by Crippen LogP contribution is 2.34. The molecule has 6 nitrogen and oxygen atoms in total. The fourth-order valence-corrected chi connectivity index (χ4v) is 2.30. The topological polar surface area (TPSA) is 85.3 Å². The molecule has 0 amide bonds. The van der Waals surface area contributed by atoms with Gasteiger partial charge in [0.25, 0.3) is 5.69 Å². The third-order valence-corrected chi connectivity index (χ3v) is 3.22. The maximum absolute atomic E-state index is 11.0. The third-order valence-electron chi connectivity index (χ3n) is 3.22. The van der Waals surface area contributed by atoms with E-state index in [2.05, 4.69) is 9.88 Å². The Labute approximate surface area is 103 Å². The van der Waals surface area contributed by atoms with E-state index in [4.69, 9.17) is 5.73 Å². The van der Waals surface area contributed by atoms with Gasteiger partial charge in [0.1, 0.15) is 0 Å². The quantitative estimate of drug-likeness (QED) is 0.635. The van der Waals surface area contributed by atoms with Gasteiger partial charge in [-0.15, -0.1) is 0 Å². The summed E-state index contributed by atoms with van der Waals surface area (Å²) in [6.07, 6.45) is 3.24. The Morgan fingerprint density at radius 1 is 1.33 bits per heavy atom. The van der Waals surface area contributed by atoms with E-state index in [-0.39, 0.29) is 16.7 Å². The number of non-ortho nitro benzene ring substituents is 1. The fourth-order valence-electron chi connectivity index (χ4n) is 2.30. The van der Waals surface area contributed by atoms with Crippen LogP contribution < -0.4 is 10.6 Å². The molecular weight excluding hydrogens is 232 g/mol. The van der Waals surface area contributed by atoms with E-state index in [1.165, 1.54) is 0 Å². The summed E-state index contributed by atoms with van der Waals surface area (Å²) in [6.45, 7) is 1.56. The van der Waals surface area contributed by atoms with Crippen LogP contribution >= 0.6 is 0 Å². The molecule has 1 aromatic heterocycles. The van der Waals surface area contributed by atoms with Crippen LogP contribution in [0.1, 0.15) is 0 Å². The predicted octanol–water partition coefficient (Wildman–Crippen LogP) is 1.29. The molecule has 6 heteroatoms. The molecule has 92 valence electrons. The molecule has 2 aromatic rings. The number of nitro groups is 1. The van der Waals surface area contributed by atoms with Gasteiger partial charge in [0.2, 0.25) is 0 Å². The van der Waals surface area contributed by atoms with Crippen molar-refractivity contribution in [2.75, 3.05) is 18.0 Å². The Morgan fingerprint density at radius 2 is 2.11 bits per heavy atom. The van der Waals surface area contributed by atoms with Crippen molar-refractivity contribution in [2.45, 2.75) is 6.04 Å². The van der Waals surface area contributed by atoms with Crippen LogP contribution in [0.15, 0.2) is 30.6 Å². The summed E-state index contributed by atoms with van der Waals surface area (Å²) >= 11 is 0. The number of hydrogen-bond donors (Lipinski definition) is 1. The average molecular weight is 244 g/mol. The first-order chi connectivity index (χ1) is 8.66. The van der Waals surface area contributed by atoms with Gasteiger partial charge in [-0.1, -0.05) is 0 Å². The standard InChI is InChI=1S/C12H12N4O2/c13-8-6-15(7-8)11-1-2-12(16(17)18)9-3-4-14-5-10(9)11/h1-5,8H,6-7,13H2. The number of nitrogens with two attached hydrogens (primary N) is 1. The van der Waals surface area contributed by atoms with Crippen molar-refractivity contribution < 1.29 is 4.92 Å². The van der Waals surface area contributed by atoms with Crippen molar-refractivity contribution in [3.05, 3.63) is 40.7 Å². The number of hydrogen-bond acceptors (Lipinski definition) is 5. The second-order valence-electron chi connectivity index (χ2n) is 4.45. The lowest BCUT2D eigenvalue weighted by Crippen LogP contribution is -2.55. The van der Waals surface area contributed by atoms with Crippen LogP contribution in [0.3, 0.4) is 0 Å². The van der Waals surface area contributed by atoms with Gasteiger partial charge >= 0.3 is 0 Å². The molecule has 1 aliphatic rings. The third kappa shape index (κ3) is 1.58. The summed E-state index contributed by atoms with van der Waals surface area (Å²) in [5.74, 6) is 0. The molecule has 1 saturated heterocycles. The minimum atomic E-state index is -0.367. The second kappa shape index (κ2) is 3.92. The summed E-state index contributed by atoms with van der Waals surface area (Å²) in [7, 11) is 0. The highest BCUT2D eigenvalue weighted by atomic mass is 16.6. The van der Waals surface area contributed by atoms with Gasteiger partial charge < -0.3 is 10.6 Å². The van der Waals surface area contributed by atoms with E-state index >= 15 is 0 Å². The number of pyridine rings is 1. The van der Waals surface area contributed by atoms with Crippen LogP contribution in [0.2, 0.25) is 0 Å². The highest BCUT2D eigenvalue weighted by Gasteiger charge is 2.26. The Kier molecular flexibility index (Phi) is 2.38. The second-order valence-corrected chi connectivity index (χ2v) is 4.45. The predicted molar refractivity (Wildman–Crippen MR) is 68.6 cm³/mol. The average Bonchev–Trinajstić information content (AvgIpc) is 2.33. The lowest BCUT2D eigenvalue weighted by atomic mass is 10.0. The fraction of sp³-hybridized carbons (Fsp3) is 0.250. The van der Waals surface area contributed by atoms with Crippen molar-refractivity contribution in [1.29, 1.82) is 0 Å². The van der Waals surface area contributed by atoms with Crippen molar-refractivity contribution in [3.8, 4) is 0 Å². The van der Waals surface area contributed by atoms with Crippen LogP contribution in [-0.2, 0) is 0 Å². The molecule has 2 N–H and O–H groups in total. The zero-order chi connectivity index (χ0) is 12.7. The van der Waals surface area contributed by atoms with Crippen LogP contribution in [0.5, 0.6) is 0 Å². The molecule has 2 heterocycles. The molecular formula is C12H12N4O2. The summed E-state index contributed by atoms with van der Waals surface area (Å²) in [5.41, 5.74) is 6.84.